The van der Waals surface area contributed by atoms with Crippen molar-refractivity contribution >= 4 is 23.6 Å². The van der Waals surface area contributed by atoms with Crippen LogP contribution in [-0.2, 0) is 0 Å². The molecule has 6 nitrogen and oxygen atoms in total. The highest BCUT2D eigenvalue weighted by molar-refractivity contribution is 7.98. The predicted octanol–water partition coefficient (Wildman–Crippen LogP) is 3.54. The zero-order chi connectivity index (χ0) is 18.5. The fraction of sp³-hybridized carbons (Fsp3) is 0.474. The van der Waals surface area contributed by atoms with Gasteiger partial charge in [0.05, 0.1) is 16.8 Å². The summed E-state index contributed by atoms with van der Waals surface area (Å²) in [5.41, 5.74) is 0.936. The number of carbonyl (C=O) groups is 1. The van der Waals surface area contributed by atoms with Gasteiger partial charge in [-0.3, -0.25) is 10.2 Å². The number of carbonyl (C=O) groups excluding carboxylic acids is 1. The van der Waals surface area contributed by atoms with Crippen LogP contribution in [0.4, 0.5) is 10.6 Å². The minimum atomic E-state index is -0.0485. The molecule has 1 aromatic heterocycles. The lowest BCUT2D eigenvalue weighted by Gasteiger charge is -2.26. The number of hydrogen-bond donors (Lipinski definition) is 1. The Balaban J connectivity index is 1.75. The van der Waals surface area contributed by atoms with Crippen LogP contribution in [0.1, 0.15) is 20.3 Å². The van der Waals surface area contributed by atoms with Gasteiger partial charge in [0, 0.05) is 19.1 Å². The SMILES string of the molecule is CCN(CC)[C@H]1CCN(C(=O)Nc2c(SC)cnn2-c2ccccc2)C1. The second-order valence-electron chi connectivity index (χ2n) is 6.35. The number of benzene rings is 1. The van der Waals surface area contributed by atoms with Gasteiger partial charge in [0.1, 0.15) is 0 Å². The number of urea groups is 1. The Morgan fingerprint density at radius 3 is 2.69 bits per heavy atom. The first kappa shape index (κ1) is 18.8. The molecule has 1 aromatic carbocycles. The van der Waals surface area contributed by atoms with Crippen LogP contribution in [0, 0.1) is 0 Å². The first-order chi connectivity index (χ1) is 12.7. The van der Waals surface area contributed by atoms with Gasteiger partial charge in [-0.05, 0) is 37.9 Å². The summed E-state index contributed by atoms with van der Waals surface area (Å²) >= 11 is 1.58. The number of nitrogens with one attached hydrogen (secondary N) is 1. The second-order valence-corrected chi connectivity index (χ2v) is 7.20. The molecular weight excluding hydrogens is 346 g/mol. The summed E-state index contributed by atoms with van der Waals surface area (Å²) in [5, 5.41) is 7.56. The van der Waals surface area contributed by atoms with E-state index in [0.717, 1.165) is 49.0 Å². The van der Waals surface area contributed by atoms with Crippen molar-refractivity contribution in [1.82, 2.24) is 19.6 Å². The van der Waals surface area contributed by atoms with E-state index in [1.54, 1.807) is 22.6 Å². The summed E-state index contributed by atoms with van der Waals surface area (Å²) in [5.74, 6) is 0.736. The number of hydrogen-bond acceptors (Lipinski definition) is 4. The molecule has 0 aliphatic carbocycles. The molecule has 7 heteroatoms. The maximum Gasteiger partial charge on any atom is 0.323 e. The van der Waals surface area contributed by atoms with Crippen LogP contribution in [0.5, 0.6) is 0 Å². The van der Waals surface area contributed by atoms with Gasteiger partial charge in [-0.25, -0.2) is 9.48 Å². The van der Waals surface area contributed by atoms with E-state index in [1.807, 2.05) is 41.5 Å². The van der Waals surface area contributed by atoms with Gasteiger partial charge in [0.15, 0.2) is 5.82 Å². The van der Waals surface area contributed by atoms with Crippen LogP contribution < -0.4 is 5.32 Å². The van der Waals surface area contributed by atoms with Gasteiger partial charge in [-0.15, -0.1) is 11.8 Å². The van der Waals surface area contributed by atoms with Crippen molar-refractivity contribution in [2.45, 2.75) is 31.2 Å². The standard InChI is InChI=1S/C19H27N5OS/c1-4-22(5-2)16-11-12-23(14-16)19(25)21-18-17(26-3)13-20-24(18)15-9-7-6-8-10-15/h6-10,13,16H,4-5,11-12,14H2,1-3H3,(H,21,25)/t16-/m0/s1. The van der Waals surface area contributed by atoms with Crippen LogP contribution in [-0.4, -0.2) is 64.1 Å². The van der Waals surface area contributed by atoms with E-state index in [4.69, 9.17) is 0 Å². The number of likely N-dealkylation sites (N-methyl/N-ethyl adjacent to an activating group) is 1. The van der Waals surface area contributed by atoms with E-state index in [9.17, 15) is 4.79 Å². The average Bonchev–Trinajstić information content (AvgIpc) is 3.31. The molecular formula is C19H27N5OS. The van der Waals surface area contributed by atoms with Crippen LogP contribution in [0.15, 0.2) is 41.4 Å². The highest BCUT2D eigenvalue weighted by atomic mass is 32.2. The summed E-state index contributed by atoms with van der Waals surface area (Å²) in [6, 6.07) is 10.3. The van der Waals surface area contributed by atoms with E-state index in [1.165, 1.54) is 0 Å². The van der Waals surface area contributed by atoms with Gasteiger partial charge in [0.2, 0.25) is 0 Å². The molecule has 0 saturated carbocycles. The number of rotatable bonds is 6. The molecule has 0 unspecified atom stereocenters. The third kappa shape index (κ3) is 3.88. The van der Waals surface area contributed by atoms with E-state index < -0.39 is 0 Å². The predicted molar refractivity (Wildman–Crippen MR) is 107 cm³/mol. The number of likely N-dealkylation sites (tertiary alicyclic amines) is 1. The molecule has 1 aliphatic heterocycles. The Bertz CT molecular complexity index is 729. The summed E-state index contributed by atoms with van der Waals surface area (Å²) < 4.78 is 1.79. The number of aromatic nitrogens is 2. The maximum absolute atomic E-state index is 12.9. The van der Waals surface area contributed by atoms with Crippen molar-refractivity contribution in [3.63, 3.8) is 0 Å². The van der Waals surface area contributed by atoms with Gasteiger partial charge in [0.25, 0.3) is 0 Å². The number of para-hydroxylation sites is 1. The van der Waals surface area contributed by atoms with Gasteiger partial charge in [-0.2, -0.15) is 5.10 Å². The normalized spacial score (nSPS) is 17.1. The molecule has 3 rings (SSSR count). The summed E-state index contributed by atoms with van der Waals surface area (Å²) in [4.78, 5) is 18.2. The molecule has 26 heavy (non-hydrogen) atoms. The highest BCUT2D eigenvalue weighted by Gasteiger charge is 2.30. The molecule has 0 spiro atoms. The van der Waals surface area contributed by atoms with Crippen molar-refractivity contribution in [3.8, 4) is 5.69 Å². The van der Waals surface area contributed by atoms with Crippen molar-refractivity contribution in [1.29, 1.82) is 0 Å². The molecule has 1 saturated heterocycles. The topological polar surface area (TPSA) is 53.4 Å². The molecule has 140 valence electrons. The van der Waals surface area contributed by atoms with Crippen LogP contribution in [0.25, 0.3) is 5.69 Å². The summed E-state index contributed by atoms with van der Waals surface area (Å²) in [7, 11) is 0. The molecule has 1 atom stereocenters. The molecule has 2 aromatic rings. The van der Waals surface area contributed by atoms with Crippen LogP contribution >= 0.6 is 11.8 Å². The number of amides is 2. The Labute approximate surface area is 159 Å². The lowest BCUT2D eigenvalue weighted by atomic mass is 10.2. The fourth-order valence-corrected chi connectivity index (χ4v) is 3.99. The first-order valence-corrected chi connectivity index (χ1v) is 10.4. The van der Waals surface area contributed by atoms with Crippen molar-refractivity contribution in [2.24, 2.45) is 0 Å². The zero-order valence-electron chi connectivity index (χ0n) is 15.7. The molecule has 2 amide bonds. The number of nitrogens with zero attached hydrogens (tertiary/aromatic N) is 4. The smallest absolute Gasteiger partial charge is 0.323 e. The first-order valence-electron chi connectivity index (χ1n) is 9.15. The molecule has 0 radical (unpaired) electrons. The Morgan fingerprint density at radius 1 is 1.31 bits per heavy atom. The Morgan fingerprint density at radius 2 is 2.04 bits per heavy atom. The zero-order valence-corrected chi connectivity index (χ0v) is 16.5. The monoisotopic (exact) mass is 373 g/mol. The molecule has 2 heterocycles. The third-order valence-corrected chi connectivity index (χ3v) is 5.70. The lowest BCUT2D eigenvalue weighted by molar-refractivity contribution is 0.202. The summed E-state index contributed by atoms with van der Waals surface area (Å²) in [6.07, 6.45) is 4.83. The van der Waals surface area contributed by atoms with E-state index in [2.05, 4.69) is 29.2 Å². The van der Waals surface area contributed by atoms with Crippen molar-refractivity contribution in [3.05, 3.63) is 36.5 Å². The lowest BCUT2D eigenvalue weighted by Crippen LogP contribution is -2.40. The number of anilines is 1. The van der Waals surface area contributed by atoms with E-state index in [-0.39, 0.29) is 6.03 Å². The van der Waals surface area contributed by atoms with Gasteiger partial charge < -0.3 is 4.90 Å². The molecule has 1 aliphatic rings. The maximum atomic E-state index is 12.9. The van der Waals surface area contributed by atoms with Gasteiger partial charge in [-0.1, -0.05) is 32.0 Å². The largest absolute Gasteiger partial charge is 0.323 e. The Kier molecular flexibility index (Phi) is 6.21. The van der Waals surface area contributed by atoms with Crippen LogP contribution in [0.3, 0.4) is 0 Å². The quantitative estimate of drug-likeness (QED) is 0.787. The fourth-order valence-electron chi connectivity index (χ4n) is 3.51. The van der Waals surface area contributed by atoms with Crippen molar-refractivity contribution < 1.29 is 4.79 Å². The molecule has 0 bridgehead atoms. The Hall–Kier alpha value is -1.99. The highest BCUT2D eigenvalue weighted by Crippen LogP contribution is 2.28. The minimum absolute atomic E-state index is 0.0485. The number of thioether (sulfide) groups is 1. The average molecular weight is 374 g/mol. The third-order valence-electron chi connectivity index (χ3n) is 4.96. The second kappa shape index (κ2) is 8.60. The molecule has 1 fully saturated rings. The van der Waals surface area contributed by atoms with E-state index in [0.29, 0.717) is 6.04 Å². The van der Waals surface area contributed by atoms with Crippen LogP contribution in [0.2, 0.25) is 0 Å². The summed E-state index contributed by atoms with van der Waals surface area (Å²) in [6.45, 7) is 7.97. The van der Waals surface area contributed by atoms with Crippen molar-refractivity contribution in [2.75, 3.05) is 37.8 Å². The van der Waals surface area contributed by atoms with Gasteiger partial charge >= 0.3 is 6.03 Å². The molecule has 1 N–H and O–H groups in total. The minimum Gasteiger partial charge on any atom is -0.323 e. The van der Waals surface area contributed by atoms with E-state index >= 15 is 0 Å².